The van der Waals surface area contributed by atoms with E-state index in [1.165, 1.54) is 20.3 Å². The standard InChI is InChI=1S/C10H14O4S/c1-4-15(11,12)10-7-8(13-2)5-6-9(10)14-3/h5-7H,4H2,1-3H3. The number of rotatable bonds is 4. The van der Waals surface area contributed by atoms with Gasteiger partial charge >= 0.3 is 0 Å². The van der Waals surface area contributed by atoms with Gasteiger partial charge in [0, 0.05) is 6.07 Å². The Morgan fingerprint density at radius 3 is 2.33 bits per heavy atom. The summed E-state index contributed by atoms with van der Waals surface area (Å²) in [5, 5.41) is 0. The Hall–Kier alpha value is -1.23. The SMILES string of the molecule is CCS(=O)(=O)c1cc(OC)ccc1OC. The molecule has 5 heteroatoms. The van der Waals surface area contributed by atoms with Gasteiger partial charge in [0.1, 0.15) is 16.4 Å². The molecule has 0 amide bonds. The summed E-state index contributed by atoms with van der Waals surface area (Å²) in [6, 6.07) is 4.71. The normalized spacial score (nSPS) is 11.1. The zero-order valence-electron chi connectivity index (χ0n) is 8.98. The first-order valence-corrected chi connectivity index (χ1v) is 6.15. The van der Waals surface area contributed by atoms with Gasteiger partial charge in [0.25, 0.3) is 0 Å². The Bertz CT molecular complexity index is 437. The minimum absolute atomic E-state index is 0.0382. The zero-order chi connectivity index (χ0) is 11.5. The van der Waals surface area contributed by atoms with Crippen molar-refractivity contribution in [2.45, 2.75) is 11.8 Å². The first-order valence-electron chi connectivity index (χ1n) is 4.50. The third kappa shape index (κ3) is 2.41. The molecule has 0 aliphatic heterocycles. The molecule has 1 rings (SSSR count). The Morgan fingerprint density at radius 1 is 1.20 bits per heavy atom. The summed E-state index contributed by atoms with van der Waals surface area (Å²) >= 11 is 0. The molecule has 0 atom stereocenters. The highest BCUT2D eigenvalue weighted by atomic mass is 32.2. The van der Waals surface area contributed by atoms with Crippen LogP contribution in [0.4, 0.5) is 0 Å². The highest BCUT2D eigenvalue weighted by Gasteiger charge is 2.18. The van der Waals surface area contributed by atoms with Crippen LogP contribution in [-0.2, 0) is 9.84 Å². The third-order valence-electron chi connectivity index (χ3n) is 2.09. The second-order valence-electron chi connectivity index (χ2n) is 2.92. The molecular weight excluding hydrogens is 216 g/mol. The van der Waals surface area contributed by atoms with E-state index >= 15 is 0 Å². The van der Waals surface area contributed by atoms with Crippen LogP contribution in [0.25, 0.3) is 0 Å². The summed E-state index contributed by atoms with van der Waals surface area (Å²) in [7, 11) is -0.347. The van der Waals surface area contributed by atoms with Crippen LogP contribution in [0.1, 0.15) is 6.92 Å². The molecule has 0 aromatic heterocycles. The molecule has 1 aromatic rings. The van der Waals surface area contributed by atoms with Gasteiger partial charge in [-0.1, -0.05) is 6.92 Å². The molecule has 0 bridgehead atoms. The molecule has 0 saturated carbocycles. The van der Waals surface area contributed by atoms with Gasteiger partial charge in [-0.05, 0) is 12.1 Å². The lowest BCUT2D eigenvalue weighted by Crippen LogP contribution is -2.06. The van der Waals surface area contributed by atoms with Crippen LogP contribution in [0.2, 0.25) is 0 Å². The summed E-state index contributed by atoms with van der Waals surface area (Å²) < 4.78 is 33.4. The molecule has 0 fully saturated rings. The average Bonchev–Trinajstić information content (AvgIpc) is 2.28. The van der Waals surface area contributed by atoms with Crippen molar-refractivity contribution >= 4 is 9.84 Å². The molecule has 15 heavy (non-hydrogen) atoms. The molecule has 0 aliphatic carbocycles. The number of sulfone groups is 1. The predicted molar refractivity (Wildman–Crippen MR) is 57.3 cm³/mol. The first kappa shape index (κ1) is 11.8. The van der Waals surface area contributed by atoms with Crippen LogP contribution in [0.15, 0.2) is 23.1 Å². The lowest BCUT2D eigenvalue weighted by Gasteiger charge is -2.09. The smallest absolute Gasteiger partial charge is 0.181 e. The van der Waals surface area contributed by atoms with Gasteiger partial charge < -0.3 is 9.47 Å². The minimum Gasteiger partial charge on any atom is -0.497 e. The maximum atomic E-state index is 11.7. The van der Waals surface area contributed by atoms with Gasteiger partial charge in [0.05, 0.1) is 20.0 Å². The maximum Gasteiger partial charge on any atom is 0.181 e. The third-order valence-corrected chi connectivity index (χ3v) is 3.84. The van der Waals surface area contributed by atoms with Crippen LogP contribution in [0.5, 0.6) is 11.5 Å². The van der Waals surface area contributed by atoms with E-state index in [0.717, 1.165) is 0 Å². The van der Waals surface area contributed by atoms with E-state index in [1.54, 1.807) is 19.1 Å². The van der Waals surface area contributed by atoms with Crippen LogP contribution < -0.4 is 9.47 Å². The minimum atomic E-state index is -3.28. The molecular formula is C10H14O4S. The van der Waals surface area contributed by atoms with Crippen molar-refractivity contribution < 1.29 is 17.9 Å². The summed E-state index contributed by atoms with van der Waals surface area (Å²) in [6.07, 6.45) is 0. The molecule has 0 N–H and O–H groups in total. The van der Waals surface area contributed by atoms with Crippen LogP contribution in [-0.4, -0.2) is 28.4 Å². The number of ether oxygens (including phenoxy) is 2. The molecule has 4 nitrogen and oxygen atoms in total. The summed E-state index contributed by atoms with van der Waals surface area (Å²) in [5.74, 6) is 0.886. The fourth-order valence-electron chi connectivity index (χ4n) is 1.18. The molecule has 0 unspecified atom stereocenters. The molecule has 1 aromatic carbocycles. The van der Waals surface area contributed by atoms with Crippen molar-refractivity contribution in [1.29, 1.82) is 0 Å². The highest BCUT2D eigenvalue weighted by Crippen LogP contribution is 2.28. The first-order chi connectivity index (χ1) is 7.05. The zero-order valence-corrected chi connectivity index (χ0v) is 9.80. The number of hydrogen-bond donors (Lipinski definition) is 0. The van der Waals surface area contributed by atoms with E-state index in [9.17, 15) is 8.42 Å². The summed E-state index contributed by atoms with van der Waals surface area (Å²) in [5.41, 5.74) is 0. The van der Waals surface area contributed by atoms with E-state index in [0.29, 0.717) is 11.5 Å². The van der Waals surface area contributed by atoms with Crippen molar-refractivity contribution in [2.75, 3.05) is 20.0 Å². The maximum absolute atomic E-state index is 11.7. The monoisotopic (exact) mass is 230 g/mol. The van der Waals surface area contributed by atoms with E-state index in [2.05, 4.69) is 0 Å². The van der Waals surface area contributed by atoms with E-state index in [4.69, 9.17) is 9.47 Å². The predicted octanol–water partition coefficient (Wildman–Crippen LogP) is 1.50. The van der Waals surface area contributed by atoms with E-state index < -0.39 is 9.84 Å². The Kier molecular flexibility index (Phi) is 3.57. The topological polar surface area (TPSA) is 52.6 Å². The Labute approximate surface area is 89.7 Å². The van der Waals surface area contributed by atoms with Crippen LogP contribution in [0.3, 0.4) is 0 Å². The summed E-state index contributed by atoms with van der Waals surface area (Å²) in [4.78, 5) is 0.173. The van der Waals surface area contributed by atoms with Crippen LogP contribution in [0, 0.1) is 0 Å². The largest absolute Gasteiger partial charge is 0.497 e. The number of methoxy groups -OCH3 is 2. The van der Waals surface area contributed by atoms with Gasteiger partial charge in [-0.2, -0.15) is 0 Å². The molecule has 84 valence electrons. The number of hydrogen-bond acceptors (Lipinski definition) is 4. The lowest BCUT2D eigenvalue weighted by molar-refractivity contribution is 0.392. The van der Waals surface area contributed by atoms with Gasteiger partial charge in [0.2, 0.25) is 0 Å². The number of benzene rings is 1. The van der Waals surface area contributed by atoms with Crippen molar-refractivity contribution in [3.63, 3.8) is 0 Å². The van der Waals surface area contributed by atoms with Gasteiger partial charge in [-0.15, -0.1) is 0 Å². The van der Waals surface area contributed by atoms with Crippen molar-refractivity contribution in [3.05, 3.63) is 18.2 Å². The molecule has 0 aliphatic rings. The van der Waals surface area contributed by atoms with Crippen molar-refractivity contribution in [2.24, 2.45) is 0 Å². The second-order valence-corrected chi connectivity index (χ2v) is 5.17. The molecule has 0 spiro atoms. The van der Waals surface area contributed by atoms with Gasteiger partial charge in [-0.3, -0.25) is 0 Å². The van der Waals surface area contributed by atoms with Crippen LogP contribution >= 0.6 is 0 Å². The highest BCUT2D eigenvalue weighted by molar-refractivity contribution is 7.91. The summed E-state index contributed by atoms with van der Waals surface area (Å²) in [6.45, 7) is 1.59. The molecule has 0 heterocycles. The molecule has 0 radical (unpaired) electrons. The van der Waals surface area contributed by atoms with Crippen molar-refractivity contribution in [1.82, 2.24) is 0 Å². The molecule has 0 saturated heterocycles. The van der Waals surface area contributed by atoms with E-state index in [1.807, 2.05) is 0 Å². The fourth-order valence-corrected chi connectivity index (χ4v) is 2.25. The quantitative estimate of drug-likeness (QED) is 0.786. The van der Waals surface area contributed by atoms with Gasteiger partial charge in [-0.25, -0.2) is 8.42 Å². The van der Waals surface area contributed by atoms with Crippen molar-refractivity contribution in [3.8, 4) is 11.5 Å². The lowest BCUT2D eigenvalue weighted by atomic mass is 10.3. The average molecular weight is 230 g/mol. The van der Waals surface area contributed by atoms with E-state index in [-0.39, 0.29) is 10.6 Å². The Morgan fingerprint density at radius 2 is 1.87 bits per heavy atom. The van der Waals surface area contributed by atoms with Gasteiger partial charge in [0.15, 0.2) is 9.84 Å². The fraction of sp³-hybridized carbons (Fsp3) is 0.400. The second kappa shape index (κ2) is 4.53. The Balaban J connectivity index is 3.36.